The second-order valence-corrected chi connectivity index (χ2v) is 7.11. The third-order valence-corrected chi connectivity index (χ3v) is 4.44. The van der Waals surface area contributed by atoms with Crippen molar-refractivity contribution in [3.8, 4) is 0 Å². The van der Waals surface area contributed by atoms with E-state index in [-0.39, 0.29) is 30.5 Å². The first-order valence-electron chi connectivity index (χ1n) is 9.46. The smallest absolute Gasteiger partial charge is 0.271 e. The number of amides is 2. The molecule has 0 radical (unpaired) electrons. The summed E-state index contributed by atoms with van der Waals surface area (Å²) in [6, 6.07) is 7.97. The molecular weight excluding hydrogens is 354 g/mol. The average Bonchev–Trinajstić information content (AvgIpc) is 3.09. The van der Waals surface area contributed by atoms with Gasteiger partial charge in [-0.1, -0.05) is 13.8 Å². The Balaban J connectivity index is 1.51. The van der Waals surface area contributed by atoms with Crippen molar-refractivity contribution in [3.05, 3.63) is 54.7 Å². The van der Waals surface area contributed by atoms with E-state index in [1.807, 2.05) is 18.2 Å². The Bertz CT molecular complexity index is 950. The van der Waals surface area contributed by atoms with Gasteiger partial charge in [-0.15, -0.1) is 0 Å². The zero-order chi connectivity index (χ0) is 19.9. The molecule has 7 nitrogen and oxygen atoms in total. The summed E-state index contributed by atoms with van der Waals surface area (Å²) in [5.41, 5.74) is 2.14. The van der Waals surface area contributed by atoms with Gasteiger partial charge in [0, 0.05) is 54.7 Å². The minimum absolute atomic E-state index is 0.155. The van der Waals surface area contributed by atoms with Crippen LogP contribution in [-0.2, 0) is 11.3 Å². The quantitative estimate of drug-likeness (QED) is 0.629. The maximum absolute atomic E-state index is 12.2. The van der Waals surface area contributed by atoms with Crippen LogP contribution >= 0.6 is 0 Å². The number of aryl methyl sites for hydroxylation is 1. The van der Waals surface area contributed by atoms with Gasteiger partial charge in [-0.2, -0.15) is 0 Å². The summed E-state index contributed by atoms with van der Waals surface area (Å²) in [5, 5.41) is 6.64. The van der Waals surface area contributed by atoms with Gasteiger partial charge >= 0.3 is 0 Å². The molecule has 146 valence electrons. The van der Waals surface area contributed by atoms with Crippen LogP contribution in [-0.4, -0.2) is 32.9 Å². The fourth-order valence-electron chi connectivity index (χ4n) is 2.89. The number of aromatic nitrogens is 3. The molecule has 0 spiro atoms. The highest BCUT2D eigenvalue weighted by Crippen LogP contribution is 2.21. The highest BCUT2D eigenvalue weighted by atomic mass is 16.2. The van der Waals surface area contributed by atoms with Crippen LogP contribution in [0.4, 0.5) is 5.69 Å². The van der Waals surface area contributed by atoms with E-state index in [0.29, 0.717) is 5.92 Å². The molecule has 1 aromatic carbocycles. The SMILES string of the molecule is CC(C)CCn1ccc2cc(NC(=O)CCNC(=O)c3cnccn3)ccc21. The summed E-state index contributed by atoms with van der Waals surface area (Å²) >= 11 is 0. The van der Waals surface area contributed by atoms with Gasteiger partial charge in [-0.05, 0) is 36.6 Å². The van der Waals surface area contributed by atoms with Gasteiger partial charge in [0.2, 0.25) is 5.91 Å². The number of rotatable bonds is 8. The highest BCUT2D eigenvalue weighted by molar-refractivity contribution is 5.95. The van der Waals surface area contributed by atoms with E-state index in [1.165, 1.54) is 18.6 Å². The van der Waals surface area contributed by atoms with Crippen LogP contribution in [0.1, 0.15) is 37.2 Å². The van der Waals surface area contributed by atoms with E-state index >= 15 is 0 Å². The van der Waals surface area contributed by atoms with E-state index in [4.69, 9.17) is 0 Å². The van der Waals surface area contributed by atoms with Gasteiger partial charge < -0.3 is 15.2 Å². The van der Waals surface area contributed by atoms with E-state index in [2.05, 4.69) is 51.3 Å². The maximum Gasteiger partial charge on any atom is 0.271 e. The molecule has 0 aliphatic rings. The zero-order valence-corrected chi connectivity index (χ0v) is 16.2. The molecule has 2 heterocycles. The molecular formula is C21H25N5O2. The number of fused-ring (bicyclic) bond motifs is 1. The molecule has 2 amide bonds. The van der Waals surface area contributed by atoms with Crippen molar-refractivity contribution in [2.45, 2.75) is 33.2 Å². The van der Waals surface area contributed by atoms with Gasteiger partial charge in [0.05, 0.1) is 6.20 Å². The molecule has 0 aliphatic heterocycles. The molecule has 28 heavy (non-hydrogen) atoms. The third-order valence-electron chi connectivity index (χ3n) is 4.44. The maximum atomic E-state index is 12.2. The molecule has 0 saturated carbocycles. The summed E-state index contributed by atoms with van der Waals surface area (Å²) in [4.78, 5) is 31.8. The number of hydrogen-bond acceptors (Lipinski definition) is 4. The zero-order valence-electron chi connectivity index (χ0n) is 16.2. The second-order valence-electron chi connectivity index (χ2n) is 7.11. The van der Waals surface area contributed by atoms with Crippen LogP contribution < -0.4 is 10.6 Å². The van der Waals surface area contributed by atoms with E-state index in [1.54, 1.807) is 0 Å². The van der Waals surface area contributed by atoms with Crippen LogP contribution in [0.25, 0.3) is 10.9 Å². The van der Waals surface area contributed by atoms with E-state index in [9.17, 15) is 9.59 Å². The molecule has 3 rings (SSSR count). The molecule has 0 aliphatic carbocycles. The third kappa shape index (κ3) is 5.16. The lowest BCUT2D eigenvalue weighted by molar-refractivity contribution is -0.116. The first-order chi connectivity index (χ1) is 13.5. The molecule has 0 fully saturated rings. The van der Waals surface area contributed by atoms with Crippen LogP contribution in [0.2, 0.25) is 0 Å². The number of nitrogens with zero attached hydrogens (tertiary/aromatic N) is 3. The highest BCUT2D eigenvalue weighted by Gasteiger charge is 2.09. The minimum Gasteiger partial charge on any atom is -0.350 e. The number of benzene rings is 1. The Labute approximate surface area is 164 Å². The number of nitrogens with one attached hydrogen (secondary N) is 2. The van der Waals surface area contributed by atoms with Crippen molar-refractivity contribution in [3.63, 3.8) is 0 Å². The van der Waals surface area contributed by atoms with Gasteiger partial charge in [0.25, 0.3) is 5.91 Å². The molecule has 3 aromatic rings. The van der Waals surface area contributed by atoms with Gasteiger partial charge in [0.15, 0.2) is 0 Å². The Kier molecular flexibility index (Phi) is 6.37. The van der Waals surface area contributed by atoms with E-state index < -0.39 is 0 Å². The molecule has 7 heteroatoms. The largest absolute Gasteiger partial charge is 0.350 e. The lowest BCUT2D eigenvalue weighted by Gasteiger charge is -2.09. The van der Waals surface area contributed by atoms with Crippen LogP contribution in [0.15, 0.2) is 49.1 Å². The lowest BCUT2D eigenvalue weighted by atomic mass is 10.1. The van der Waals surface area contributed by atoms with Gasteiger partial charge in [0.1, 0.15) is 5.69 Å². The molecule has 2 N–H and O–H groups in total. The lowest BCUT2D eigenvalue weighted by Crippen LogP contribution is -2.28. The van der Waals surface area contributed by atoms with Crippen molar-refractivity contribution in [2.24, 2.45) is 5.92 Å². The van der Waals surface area contributed by atoms with Crippen LogP contribution in [0, 0.1) is 5.92 Å². The van der Waals surface area contributed by atoms with Crippen molar-refractivity contribution in [1.29, 1.82) is 0 Å². The first-order valence-corrected chi connectivity index (χ1v) is 9.46. The topological polar surface area (TPSA) is 88.9 Å². The molecule has 0 saturated heterocycles. The number of carbonyl (C=O) groups excluding carboxylic acids is 2. The fourth-order valence-corrected chi connectivity index (χ4v) is 2.89. The normalized spacial score (nSPS) is 11.0. The standard InChI is InChI=1S/C21H25N5O2/c1-15(2)6-11-26-12-7-16-13-17(3-4-19(16)26)25-20(27)5-8-24-21(28)18-14-22-9-10-23-18/h3-4,7,9-10,12-15H,5-6,8,11H2,1-2H3,(H,24,28)(H,25,27). The van der Waals surface area contributed by atoms with Crippen molar-refractivity contribution >= 4 is 28.4 Å². The summed E-state index contributed by atoms with van der Waals surface area (Å²) in [7, 11) is 0. The molecule has 2 aromatic heterocycles. The number of hydrogen-bond donors (Lipinski definition) is 2. The molecule has 0 bridgehead atoms. The fraction of sp³-hybridized carbons (Fsp3) is 0.333. The molecule has 0 atom stereocenters. The number of anilines is 1. The number of carbonyl (C=O) groups is 2. The van der Waals surface area contributed by atoms with Crippen molar-refractivity contribution in [1.82, 2.24) is 19.9 Å². The average molecular weight is 379 g/mol. The Hall–Kier alpha value is -3.22. The Morgan fingerprint density at radius 3 is 2.79 bits per heavy atom. The van der Waals surface area contributed by atoms with Gasteiger partial charge in [-0.25, -0.2) is 4.98 Å². The predicted molar refractivity (Wildman–Crippen MR) is 109 cm³/mol. The monoisotopic (exact) mass is 379 g/mol. The van der Waals surface area contributed by atoms with Crippen LogP contribution in [0.5, 0.6) is 0 Å². The summed E-state index contributed by atoms with van der Waals surface area (Å²) in [5.74, 6) is 0.161. The summed E-state index contributed by atoms with van der Waals surface area (Å²) in [6.45, 7) is 5.65. The summed E-state index contributed by atoms with van der Waals surface area (Å²) in [6.07, 6.45) is 7.73. The van der Waals surface area contributed by atoms with E-state index in [0.717, 1.165) is 29.6 Å². The van der Waals surface area contributed by atoms with Crippen LogP contribution in [0.3, 0.4) is 0 Å². The predicted octanol–water partition coefficient (Wildman–Crippen LogP) is 3.24. The Morgan fingerprint density at radius 1 is 1.18 bits per heavy atom. The first kappa shape index (κ1) is 19.5. The van der Waals surface area contributed by atoms with Crippen molar-refractivity contribution < 1.29 is 9.59 Å². The minimum atomic E-state index is -0.343. The molecule has 0 unspecified atom stereocenters. The van der Waals surface area contributed by atoms with Gasteiger partial charge in [-0.3, -0.25) is 14.6 Å². The summed E-state index contributed by atoms with van der Waals surface area (Å²) < 4.78 is 2.24. The Morgan fingerprint density at radius 2 is 2.04 bits per heavy atom. The van der Waals surface area contributed by atoms with Crippen molar-refractivity contribution in [2.75, 3.05) is 11.9 Å². The second kappa shape index (κ2) is 9.12.